The fourth-order valence-electron chi connectivity index (χ4n) is 2.28. The van der Waals surface area contributed by atoms with Gasteiger partial charge >= 0.3 is 0 Å². The molecule has 1 fully saturated rings. The van der Waals surface area contributed by atoms with Gasteiger partial charge in [-0.05, 0) is 31.0 Å². The summed E-state index contributed by atoms with van der Waals surface area (Å²) in [5.41, 5.74) is 7.63. The molecule has 3 rings (SSSR count). The van der Waals surface area contributed by atoms with Gasteiger partial charge in [-0.1, -0.05) is 12.1 Å². The number of hydrogen-bond donors (Lipinski definition) is 1. The van der Waals surface area contributed by atoms with Crippen LogP contribution in [0.2, 0.25) is 0 Å². The monoisotopic (exact) mass is 213 g/mol. The van der Waals surface area contributed by atoms with E-state index in [9.17, 15) is 0 Å². The van der Waals surface area contributed by atoms with Gasteiger partial charge < -0.3 is 10.6 Å². The first-order chi connectivity index (χ1) is 7.84. The third-order valence-electron chi connectivity index (χ3n) is 3.17. The van der Waals surface area contributed by atoms with E-state index in [1.54, 1.807) is 0 Å². The highest BCUT2D eigenvalue weighted by Crippen LogP contribution is 2.24. The third kappa shape index (κ3) is 1.48. The highest BCUT2D eigenvalue weighted by molar-refractivity contribution is 5.90. The van der Waals surface area contributed by atoms with Crippen LogP contribution >= 0.6 is 0 Å². The lowest BCUT2D eigenvalue weighted by molar-refractivity contribution is 0.944. The van der Waals surface area contributed by atoms with Crippen LogP contribution in [0.15, 0.2) is 30.3 Å². The van der Waals surface area contributed by atoms with Gasteiger partial charge in [-0.2, -0.15) is 0 Å². The summed E-state index contributed by atoms with van der Waals surface area (Å²) >= 11 is 0. The summed E-state index contributed by atoms with van der Waals surface area (Å²) in [7, 11) is 0. The Bertz CT molecular complexity index is 516. The predicted molar refractivity (Wildman–Crippen MR) is 67.6 cm³/mol. The molecule has 0 amide bonds. The average molecular weight is 213 g/mol. The van der Waals surface area contributed by atoms with Gasteiger partial charge in [0.1, 0.15) is 5.82 Å². The number of benzene rings is 1. The molecular formula is C13H15N3. The van der Waals surface area contributed by atoms with Gasteiger partial charge in [0, 0.05) is 18.5 Å². The number of nitrogens with zero attached hydrogens (tertiary/aromatic N) is 2. The lowest BCUT2D eigenvalue weighted by Gasteiger charge is -2.16. The van der Waals surface area contributed by atoms with Crippen LogP contribution in [0.5, 0.6) is 0 Å². The highest BCUT2D eigenvalue weighted by atomic mass is 15.2. The zero-order valence-corrected chi connectivity index (χ0v) is 9.19. The molecule has 0 radical (unpaired) electrons. The van der Waals surface area contributed by atoms with Crippen molar-refractivity contribution in [2.75, 3.05) is 23.7 Å². The molecule has 2 N–H and O–H groups in total. The van der Waals surface area contributed by atoms with E-state index in [0.29, 0.717) is 0 Å². The number of hydrogen-bond acceptors (Lipinski definition) is 3. The van der Waals surface area contributed by atoms with Crippen molar-refractivity contribution in [1.82, 2.24) is 4.98 Å². The van der Waals surface area contributed by atoms with Crippen LogP contribution in [0.3, 0.4) is 0 Å². The number of pyridine rings is 1. The molecule has 1 aliphatic heterocycles. The fourth-order valence-corrected chi connectivity index (χ4v) is 2.28. The summed E-state index contributed by atoms with van der Waals surface area (Å²) < 4.78 is 0. The molecule has 1 saturated heterocycles. The van der Waals surface area contributed by atoms with E-state index in [0.717, 1.165) is 35.5 Å². The number of nitrogens with two attached hydrogens (primary N) is 1. The van der Waals surface area contributed by atoms with Crippen molar-refractivity contribution in [2.24, 2.45) is 0 Å². The van der Waals surface area contributed by atoms with E-state index in [1.807, 2.05) is 18.2 Å². The average Bonchev–Trinajstić information content (AvgIpc) is 2.83. The normalized spacial score (nSPS) is 15.9. The Morgan fingerprint density at radius 2 is 1.88 bits per heavy atom. The molecule has 0 bridgehead atoms. The number of aromatic nitrogens is 1. The van der Waals surface area contributed by atoms with Crippen molar-refractivity contribution in [3.63, 3.8) is 0 Å². The summed E-state index contributed by atoms with van der Waals surface area (Å²) in [5, 5.41) is 1.11. The predicted octanol–water partition coefficient (Wildman–Crippen LogP) is 2.42. The molecule has 16 heavy (non-hydrogen) atoms. The second kappa shape index (κ2) is 3.67. The summed E-state index contributed by atoms with van der Waals surface area (Å²) in [6.45, 7) is 2.23. The van der Waals surface area contributed by atoms with Gasteiger partial charge in [-0.25, -0.2) is 4.98 Å². The molecule has 0 unspecified atom stereocenters. The summed E-state index contributed by atoms with van der Waals surface area (Å²) in [4.78, 5) is 6.98. The number of anilines is 2. The Hall–Kier alpha value is -1.77. The maximum atomic E-state index is 5.94. The van der Waals surface area contributed by atoms with Gasteiger partial charge in [0.25, 0.3) is 0 Å². The summed E-state index contributed by atoms with van der Waals surface area (Å²) in [5.74, 6) is 1.06. The van der Waals surface area contributed by atoms with E-state index >= 15 is 0 Å². The minimum absolute atomic E-state index is 0.763. The van der Waals surface area contributed by atoms with Crippen LogP contribution in [0, 0.1) is 0 Å². The van der Waals surface area contributed by atoms with Crippen LogP contribution < -0.4 is 10.6 Å². The third-order valence-corrected chi connectivity index (χ3v) is 3.17. The highest BCUT2D eigenvalue weighted by Gasteiger charge is 2.13. The first-order valence-electron chi connectivity index (χ1n) is 5.75. The Morgan fingerprint density at radius 1 is 1.06 bits per heavy atom. The molecule has 0 saturated carbocycles. The van der Waals surface area contributed by atoms with Crippen molar-refractivity contribution < 1.29 is 0 Å². The van der Waals surface area contributed by atoms with Gasteiger partial charge in [0.15, 0.2) is 0 Å². The first-order valence-corrected chi connectivity index (χ1v) is 5.75. The topological polar surface area (TPSA) is 42.1 Å². The second-order valence-corrected chi connectivity index (χ2v) is 4.28. The Kier molecular flexibility index (Phi) is 2.17. The van der Waals surface area contributed by atoms with Crippen molar-refractivity contribution in [3.05, 3.63) is 30.3 Å². The molecule has 1 aliphatic rings. The zero-order chi connectivity index (χ0) is 11.0. The molecule has 0 atom stereocenters. The van der Waals surface area contributed by atoms with Crippen molar-refractivity contribution >= 4 is 22.4 Å². The van der Waals surface area contributed by atoms with Gasteiger partial charge in [0.2, 0.25) is 0 Å². The molecule has 3 nitrogen and oxygen atoms in total. The number of fused-ring (bicyclic) bond motifs is 1. The standard InChI is InChI=1S/C13H15N3/c14-11-5-3-4-10-6-7-12(15-13(10)11)16-8-1-2-9-16/h3-7H,1-2,8-9,14H2. The minimum Gasteiger partial charge on any atom is -0.397 e. The number of rotatable bonds is 1. The molecule has 1 aromatic carbocycles. The van der Waals surface area contributed by atoms with Crippen LogP contribution in [0.4, 0.5) is 11.5 Å². The SMILES string of the molecule is Nc1cccc2ccc(N3CCCC3)nc12. The molecule has 3 heteroatoms. The smallest absolute Gasteiger partial charge is 0.129 e. The molecule has 0 spiro atoms. The molecule has 2 aromatic rings. The quantitative estimate of drug-likeness (QED) is 0.740. The molecule has 82 valence electrons. The van der Waals surface area contributed by atoms with Crippen LogP contribution in [0.25, 0.3) is 10.9 Å². The molecular weight excluding hydrogens is 198 g/mol. The largest absolute Gasteiger partial charge is 0.397 e. The minimum atomic E-state index is 0.763. The Morgan fingerprint density at radius 3 is 2.69 bits per heavy atom. The Balaban J connectivity index is 2.10. The lowest BCUT2D eigenvalue weighted by atomic mass is 10.2. The van der Waals surface area contributed by atoms with E-state index in [4.69, 9.17) is 5.73 Å². The molecule has 0 aliphatic carbocycles. The van der Waals surface area contributed by atoms with Gasteiger partial charge in [0.05, 0.1) is 11.2 Å². The summed E-state index contributed by atoms with van der Waals surface area (Å²) in [6, 6.07) is 10.1. The number of para-hydroxylation sites is 1. The first kappa shape index (κ1) is 9.46. The molecule has 2 heterocycles. The summed E-state index contributed by atoms with van der Waals surface area (Å²) in [6.07, 6.45) is 2.54. The van der Waals surface area contributed by atoms with E-state index in [1.165, 1.54) is 12.8 Å². The fraction of sp³-hybridized carbons (Fsp3) is 0.308. The van der Waals surface area contributed by atoms with E-state index < -0.39 is 0 Å². The maximum Gasteiger partial charge on any atom is 0.129 e. The Labute approximate surface area is 94.9 Å². The van der Waals surface area contributed by atoms with Crippen LogP contribution in [-0.4, -0.2) is 18.1 Å². The van der Waals surface area contributed by atoms with Gasteiger partial charge in [-0.3, -0.25) is 0 Å². The van der Waals surface area contributed by atoms with Crippen molar-refractivity contribution in [3.8, 4) is 0 Å². The maximum absolute atomic E-state index is 5.94. The van der Waals surface area contributed by atoms with Crippen LogP contribution in [-0.2, 0) is 0 Å². The van der Waals surface area contributed by atoms with E-state index in [-0.39, 0.29) is 0 Å². The van der Waals surface area contributed by atoms with E-state index in [2.05, 4.69) is 22.0 Å². The zero-order valence-electron chi connectivity index (χ0n) is 9.19. The van der Waals surface area contributed by atoms with Crippen molar-refractivity contribution in [2.45, 2.75) is 12.8 Å². The van der Waals surface area contributed by atoms with Crippen LogP contribution in [0.1, 0.15) is 12.8 Å². The number of nitrogen functional groups attached to an aromatic ring is 1. The second-order valence-electron chi connectivity index (χ2n) is 4.28. The molecule has 1 aromatic heterocycles. The van der Waals surface area contributed by atoms with Crippen molar-refractivity contribution in [1.29, 1.82) is 0 Å². The van der Waals surface area contributed by atoms with Gasteiger partial charge in [-0.15, -0.1) is 0 Å². The lowest BCUT2D eigenvalue weighted by Crippen LogP contribution is -2.18.